The van der Waals surface area contributed by atoms with Crippen LogP contribution in [0.1, 0.15) is 55.1 Å². The first-order chi connectivity index (χ1) is 13.2. The lowest BCUT2D eigenvalue weighted by Crippen LogP contribution is -2.57. The molecule has 3 saturated heterocycles. The van der Waals surface area contributed by atoms with Crippen LogP contribution in [0.4, 0.5) is 0 Å². The highest BCUT2D eigenvalue weighted by molar-refractivity contribution is 6.05. The fraction of sp³-hybridized carbons (Fsp3) is 0.619. The number of amides is 1. The van der Waals surface area contributed by atoms with Crippen molar-refractivity contribution in [3.8, 4) is 5.75 Å². The number of ether oxygens (including phenoxy) is 1. The topological polar surface area (TPSA) is 59.4 Å². The van der Waals surface area contributed by atoms with Crippen molar-refractivity contribution >= 4 is 16.8 Å². The second-order valence-electron chi connectivity index (χ2n) is 8.33. The van der Waals surface area contributed by atoms with Crippen LogP contribution in [-0.4, -0.2) is 53.4 Å². The molecule has 1 aromatic carbocycles. The van der Waals surface area contributed by atoms with Crippen molar-refractivity contribution in [3.05, 3.63) is 23.9 Å². The molecular formula is C21H28N4O2. The summed E-state index contributed by atoms with van der Waals surface area (Å²) in [6.45, 7) is 3.32. The zero-order valence-electron chi connectivity index (χ0n) is 16.0. The van der Waals surface area contributed by atoms with Gasteiger partial charge in [0.05, 0.1) is 18.7 Å². The molecule has 0 unspecified atom stereocenters. The molecule has 1 aromatic heterocycles. The monoisotopic (exact) mass is 368 g/mol. The molecule has 2 aromatic rings. The lowest BCUT2D eigenvalue weighted by Gasteiger charge is -2.44. The van der Waals surface area contributed by atoms with Crippen LogP contribution >= 0.6 is 0 Å². The molecule has 6 nitrogen and oxygen atoms in total. The maximum Gasteiger partial charge on any atom is 0.272 e. The average Bonchev–Trinajstić information content (AvgIpc) is 3.36. The molecule has 4 fully saturated rings. The van der Waals surface area contributed by atoms with E-state index in [1.54, 1.807) is 7.11 Å². The van der Waals surface area contributed by atoms with Gasteiger partial charge in [-0.05, 0) is 62.9 Å². The summed E-state index contributed by atoms with van der Waals surface area (Å²) in [5.74, 6) is 1.34. The molecule has 144 valence electrons. The third-order valence-corrected chi connectivity index (χ3v) is 6.77. The molecule has 1 atom stereocenters. The van der Waals surface area contributed by atoms with E-state index < -0.39 is 0 Å². The van der Waals surface area contributed by atoms with E-state index in [1.807, 2.05) is 18.2 Å². The summed E-state index contributed by atoms with van der Waals surface area (Å²) >= 11 is 0. The predicted octanol–water partition coefficient (Wildman–Crippen LogP) is 2.98. The van der Waals surface area contributed by atoms with E-state index in [9.17, 15) is 4.79 Å². The number of carbonyl (C=O) groups excluding carboxylic acids is 1. The van der Waals surface area contributed by atoms with Crippen LogP contribution in [0.15, 0.2) is 18.2 Å². The molecule has 0 radical (unpaired) electrons. The Bertz CT molecular complexity index is 847. The Balaban J connectivity index is 1.48. The third-order valence-electron chi connectivity index (χ3n) is 6.77. The van der Waals surface area contributed by atoms with Gasteiger partial charge < -0.3 is 15.0 Å². The summed E-state index contributed by atoms with van der Waals surface area (Å²) in [6.07, 6.45) is 7.14. The maximum atomic E-state index is 13.2. The number of nitrogens with zero attached hydrogens (tertiary/aromatic N) is 3. The van der Waals surface area contributed by atoms with E-state index in [4.69, 9.17) is 9.84 Å². The molecule has 1 saturated carbocycles. The Morgan fingerprint density at radius 2 is 1.96 bits per heavy atom. The fourth-order valence-electron chi connectivity index (χ4n) is 5.21. The standard InChI is InChI=1S/C21H28N4O2/c1-27-16-6-7-19-17(12-16)20(23-25(19)15-4-2-3-5-15)21(26)22-18-13-24-10-8-14(18)9-11-24/h6-7,12,14-15,18H,2-5,8-11,13H2,1H3,(H,22,26)/t18-/m1/s1. The largest absolute Gasteiger partial charge is 0.497 e. The normalized spacial score (nSPS) is 28.0. The number of rotatable bonds is 4. The minimum Gasteiger partial charge on any atom is -0.497 e. The molecule has 27 heavy (non-hydrogen) atoms. The summed E-state index contributed by atoms with van der Waals surface area (Å²) in [5.41, 5.74) is 1.59. The quantitative estimate of drug-likeness (QED) is 0.901. The van der Waals surface area contributed by atoms with Crippen molar-refractivity contribution < 1.29 is 9.53 Å². The van der Waals surface area contributed by atoms with Crippen molar-refractivity contribution in [2.24, 2.45) is 5.92 Å². The van der Waals surface area contributed by atoms with Gasteiger partial charge in [0.1, 0.15) is 5.75 Å². The van der Waals surface area contributed by atoms with Crippen LogP contribution in [0.3, 0.4) is 0 Å². The van der Waals surface area contributed by atoms with Gasteiger partial charge >= 0.3 is 0 Å². The smallest absolute Gasteiger partial charge is 0.272 e. The lowest BCUT2D eigenvalue weighted by atomic mass is 9.84. The molecule has 6 heteroatoms. The van der Waals surface area contributed by atoms with Crippen molar-refractivity contribution in [3.63, 3.8) is 0 Å². The van der Waals surface area contributed by atoms with Gasteiger partial charge in [-0.3, -0.25) is 9.48 Å². The minimum atomic E-state index is -0.0382. The molecule has 2 bridgehead atoms. The van der Waals surface area contributed by atoms with Crippen LogP contribution in [0.2, 0.25) is 0 Å². The lowest BCUT2D eigenvalue weighted by molar-refractivity contribution is 0.0618. The van der Waals surface area contributed by atoms with Crippen LogP contribution < -0.4 is 10.1 Å². The highest BCUT2D eigenvalue weighted by Gasteiger charge is 2.35. The number of nitrogens with one attached hydrogen (secondary N) is 1. The Hall–Kier alpha value is -2.08. The molecule has 1 aliphatic carbocycles. The zero-order valence-corrected chi connectivity index (χ0v) is 16.0. The Labute approximate surface area is 159 Å². The second-order valence-corrected chi connectivity index (χ2v) is 8.33. The van der Waals surface area contributed by atoms with Crippen molar-refractivity contribution in [2.45, 2.75) is 50.6 Å². The highest BCUT2D eigenvalue weighted by Crippen LogP contribution is 2.34. The first kappa shape index (κ1) is 17.0. The van der Waals surface area contributed by atoms with E-state index in [2.05, 4.69) is 14.9 Å². The van der Waals surface area contributed by atoms with E-state index in [-0.39, 0.29) is 11.9 Å². The van der Waals surface area contributed by atoms with Crippen LogP contribution in [-0.2, 0) is 0 Å². The molecule has 1 N–H and O–H groups in total. The SMILES string of the molecule is COc1ccc2c(c1)c(C(=O)N[C@@H]1CN3CCC1CC3)nn2C1CCCC1. The number of fused-ring (bicyclic) bond motifs is 4. The first-order valence-electron chi connectivity index (χ1n) is 10.3. The van der Waals surface area contributed by atoms with E-state index in [1.165, 1.54) is 38.8 Å². The summed E-state index contributed by atoms with van der Waals surface area (Å²) < 4.78 is 7.50. The van der Waals surface area contributed by atoms with E-state index >= 15 is 0 Å². The third kappa shape index (κ3) is 3.00. The summed E-state index contributed by atoms with van der Waals surface area (Å²) in [6, 6.07) is 6.62. The number of hydrogen-bond donors (Lipinski definition) is 1. The number of piperidine rings is 3. The Kier molecular flexibility index (Phi) is 4.31. The van der Waals surface area contributed by atoms with Crippen LogP contribution in [0, 0.1) is 5.92 Å². The number of benzene rings is 1. The molecule has 6 rings (SSSR count). The van der Waals surface area contributed by atoms with E-state index in [0.29, 0.717) is 17.7 Å². The van der Waals surface area contributed by atoms with Crippen molar-refractivity contribution in [1.82, 2.24) is 20.0 Å². The van der Waals surface area contributed by atoms with Gasteiger partial charge in [0.15, 0.2) is 5.69 Å². The zero-order chi connectivity index (χ0) is 18.4. The van der Waals surface area contributed by atoms with Gasteiger partial charge in [0.25, 0.3) is 5.91 Å². The van der Waals surface area contributed by atoms with Gasteiger partial charge in [-0.15, -0.1) is 0 Å². The Morgan fingerprint density at radius 3 is 2.63 bits per heavy atom. The summed E-state index contributed by atoms with van der Waals surface area (Å²) in [7, 11) is 1.66. The van der Waals surface area contributed by atoms with Gasteiger partial charge in [-0.25, -0.2) is 0 Å². The minimum absolute atomic E-state index is 0.0382. The maximum absolute atomic E-state index is 13.2. The number of methoxy groups -OCH3 is 1. The molecule has 3 aliphatic heterocycles. The average molecular weight is 368 g/mol. The number of hydrogen-bond acceptors (Lipinski definition) is 4. The fourth-order valence-corrected chi connectivity index (χ4v) is 5.21. The number of aromatic nitrogens is 2. The predicted molar refractivity (Wildman–Crippen MR) is 104 cm³/mol. The van der Waals surface area contributed by atoms with Gasteiger partial charge in [0.2, 0.25) is 0 Å². The van der Waals surface area contributed by atoms with Gasteiger partial charge in [-0.2, -0.15) is 5.10 Å². The molecule has 4 aliphatic rings. The summed E-state index contributed by atoms with van der Waals surface area (Å²) in [4.78, 5) is 15.6. The van der Waals surface area contributed by atoms with E-state index in [0.717, 1.165) is 36.0 Å². The molecule has 0 spiro atoms. The summed E-state index contributed by atoms with van der Waals surface area (Å²) in [5, 5.41) is 9.02. The Morgan fingerprint density at radius 1 is 1.19 bits per heavy atom. The highest BCUT2D eigenvalue weighted by atomic mass is 16.5. The molecule has 1 amide bonds. The second kappa shape index (κ2) is 6.82. The number of carbonyl (C=O) groups is 1. The first-order valence-corrected chi connectivity index (χ1v) is 10.3. The van der Waals surface area contributed by atoms with Crippen molar-refractivity contribution in [2.75, 3.05) is 26.7 Å². The van der Waals surface area contributed by atoms with Crippen LogP contribution in [0.5, 0.6) is 5.75 Å². The van der Waals surface area contributed by atoms with Crippen LogP contribution in [0.25, 0.3) is 10.9 Å². The van der Waals surface area contributed by atoms with Gasteiger partial charge in [0, 0.05) is 18.0 Å². The molecular weight excluding hydrogens is 340 g/mol. The van der Waals surface area contributed by atoms with Crippen molar-refractivity contribution in [1.29, 1.82) is 0 Å². The molecule has 4 heterocycles. The van der Waals surface area contributed by atoms with Gasteiger partial charge in [-0.1, -0.05) is 12.8 Å².